The quantitative estimate of drug-likeness (QED) is 0.726. The largest absolute Gasteiger partial charge is 0.508 e. The van der Waals surface area contributed by atoms with Gasteiger partial charge in [0.1, 0.15) is 22.9 Å². The van der Waals surface area contributed by atoms with Crippen LogP contribution in [0.1, 0.15) is 0 Å². The van der Waals surface area contributed by atoms with Crippen LogP contribution in [0.15, 0.2) is 57.7 Å². The summed E-state index contributed by atoms with van der Waals surface area (Å²) in [5.41, 5.74) is 0.696. The second-order valence-electron chi connectivity index (χ2n) is 4.16. The van der Waals surface area contributed by atoms with Crippen molar-refractivity contribution in [3.05, 3.63) is 64.6 Å². The van der Waals surface area contributed by atoms with Crippen LogP contribution in [0.25, 0.3) is 22.3 Å². The fourth-order valence-corrected chi connectivity index (χ4v) is 1.90. The zero-order valence-electron chi connectivity index (χ0n) is 9.76. The van der Waals surface area contributed by atoms with Gasteiger partial charge in [-0.1, -0.05) is 0 Å². The summed E-state index contributed by atoms with van der Waals surface area (Å²) >= 11 is 0. The van der Waals surface area contributed by atoms with Crippen LogP contribution in [0, 0.1) is 5.82 Å². The minimum absolute atomic E-state index is 0.133. The number of aromatic hydroxyl groups is 1. The molecule has 3 aromatic rings. The molecule has 0 aliphatic rings. The molecule has 2 aromatic carbocycles. The number of phenolic OH excluding ortho intramolecular Hbond substituents is 1. The van der Waals surface area contributed by atoms with Crippen LogP contribution >= 0.6 is 0 Å². The predicted molar refractivity (Wildman–Crippen MR) is 69.5 cm³/mol. The highest BCUT2D eigenvalue weighted by Gasteiger charge is 2.07. The van der Waals surface area contributed by atoms with Crippen molar-refractivity contribution >= 4 is 11.0 Å². The molecular weight excluding hydrogens is 247 g/mol. The van der Waals surface area contributed by atoms with Crippen molar-refractivity contribution in [1.29, 1.82) is 0 Å². The number of benzene rings is 2. The number of hydrogen-bond donors (Lipinski definition) is 1. The van der Waals surface area contributed by atoms with Crippen molar-refractivity contribution in [3.63, 3.8) is 0 Å². The van der Waals surface area contributed by atoms with E-state index >= 15 is 0 Å². The van der Waals surface area contributed by atoms with Crippen LogP contribution in [0.3, 0.4) is 0 Å². The predicted octanol–water partition coefficient (Wildman–Crippen LogP) is 3.30. The molecule has 0 bridgehead atoms. The van der Waals surface area contributed by atoms with E-state index in [-0.39, 0.29) is 16.6 Å². The molecule has 0 atom stereocenters. The lowest BCUT2D eigenvalue weighted by Crippen LogP contribution is -2.00. The number of fused-ring (bicyclic) bond motifs is 1. The van der Waals surface area contributed by atoms with Gasteiger partial charge >= 0.3 is 0 Å². The summed E-state index contributed by atoms with van der Waals surface area (Å²) in [6.45, 7) is 0. The molecule has 19 heavy (non-hydrogen) atoms. The van der Waals surface area contributed by atoms with Gasteiger partial charge in [0.2, 0.25) is 0 Å². The maximum absolute atomic E-state index is 13.1. The van der Waals surface area contributed by atoms with Gasteiger partial charge in [-0.3, -0.25) is 4.79 Å². The van der Waals surface area contributed by atoms with Gasteiger partial charge in [-0.15, -0.1) is 0 Å². The molecule has 4 heteroatoms. The first-order valence-corrected chi connectivity index (χ1v) is 5.66. The maximum Gasteiger partial charge on any atom is 0.193 e. The fourth-order valence-electron chi connectivity index (χ4n) is 1.90. The summed E-state index contributed by atoms with van der Waals surface area (Å²) in [4.78, 5) is 11.9. The van der Waals surface area contributed by atoms with E-state index in [0.29, 0.717) is 16.9 Å². The summed E-state index contributed by atoms with van der Waals surface area (Å²) in [6, 6.07) is 11.4. The van der Waals surface area contributed by atoms with Crippen LogP contribution in [0.5, 0.6) is 5.75 Å². The summed E-state index contributed by atoms with van der Waals surface area (Å²) in [7, 11) is 0. The molecule has 1 heterocycles. The van der Waals surface area contributed by atoms with Crippen LogP contribution in [-0.2, 0) is 0 Å². The molecule has 0 spiro atoms. The lowest BCUT2D eigenvalue weighted by Gasteiger charge is -2.03. The Morgan fingerprint density at radius 1 is 1.00 bits per heavy atom. The molecule has 1 aromatic heterocycles. The number of phenols is 1. The maximum atomic E-state index is 13.1. The van der Waals surface area contributed by atoms with E-state index in [1.807, 2.05) is 0 Å². The third kappa shape index (κ3) is 2.08. The average Bonchev–Trinajstić information content (AvgIpc) is 2.40. The Bertz CT molecular complexity index is 804. The van der Waals surface area contributed by atoms with Crippen molar-refractivity contribution in [1.82, 2.24) is 0 Å². The van der Waals surface area contributed by atoms with E-state index in [1.165, 1.54) is 30.3 Å². The van der Waals surface area contributed by atoms with Gasteiger partial charge in [0.25, 0.3) is 0 Å². The highest BCUT2D eigenvalue weighted by molar-refractivity contribution is 5.78. The molecule has 0 radical (unpaired) electrons. The summed E-state index contributed by atoms with van der Waals surface area (Å²) < 4.78 is 18.7. The van der Waals surface area contributed by atoms with Crippen molar-refractivity contribution in [2.24, 2.45) is 0 Å². The van der Waals surface area contributed by atoms with Gasteiger partial charge in [0.05, 0.1) is 5.39 Å². The van der Waals surface area contributed by atoms with Crippen LogP contribution < -0.4 is 5.43 Å². The second-order valence-corrected chi connectivity index (χ2v) is 4.16. The van der Waals surface area contributed by atoms with Gasteiger partial charge in [0.15, 0.2) is 5.43 Å². The Kier molecular flexibility index (Phi) is 2.56. The Labute approximate surface area is 107 Å². The van der Waals surface area contributed by atoms with Crippen LogP contribution in [0.2, 0.25) is 0 Å². The molecule has 94 valence electrons. The van der Waals surface area contributed by atoms with Gasteiger partial charge in [-0.25, -0.2) is 4.39 Å². The first-order chi connectivity index (χ1) is 9.13. The van der Waals surface area contributed by atoms with E-state index in [1.54, 1.807) is 12.1 Å². The molecule has 0 aliphatic heterocycles. The second kappa shape index (κ2) is 4.24. The molecule has 0 aliphatic carbocycles. The molecule has 1 N–H and O–H groups in total. The van der Waals surface area contributed by atoms with Crippen LogP contribution in [0.4, 0.5) is 4.39 Å². The number of rotatable bonds is 1. The minimum atomic E-state index is -0.475. The summed E-state index contributed by atoms with van der Waals surface area (Å²) in [5, 5.41) is 9.44. The first kappa shape index (κ1) is 11.5. The minimum Gasteiger partial charge on any atom is -0.508 e. The zero-order valence-corrected chi connectivity index (χ0v) is 9.76. The normalized spacial score (nSPS) is 10.8. The Balaban J connectivity index is 2.24. The Morgan fingerprint density at radius 3 is 2.47 bits per heavy atom. The highest BCUT2D eigenvalue weighted by atomic mass is 19.1. The van der Waals surface area contributed by atoms with Crippen molar-refractivity contribution in [3.8, 4) is 17.1 Å². The third-order valence-electron chi connectivity index (χ3n) is 2.84. The molecule has 0 amide bonds. The molecule has 0 saturated heterocycles. The van der Waals surface area contributed by atoms with E-state index in [2.05, 4.69) is 0 Å². The smallest absolute Gasteiger partial charge is 0.193 e. The van der Waals surface area contributed by atoms with Gasteiger partial charge in [-0.05, 0) is 42.5 Å². The van der Waals surface area contributed by atoms with Crippen molar-refractivity contribution in [2.75, 3.05) is 0 Å². The number of hydrogen-bond acceptors (Lipinski definition) is 3. The lowest BCUT2D eigenvalue weighted by atomic mass is 10.1. The van der Waals surface area contributed by atoms with Crippen molar-refractivity contribution < 1.29 is 13.9 Å². The SMILES string of the molecule is O=c1cc(-c2ccc(O)cc2)oc2ccc(F)cc12. The monoisotopic (exact) mass is 256 g/mol. The molecular formula is C15H9FO3. The average molecular weight is 256 g/mol. The first-order valence-electron chi connectivity index (χ1n) is 5.66. The zero-order chi connectivity index (χ0) is 13.4. The topological polar surface area (TPSA) is 50.4 Å². The fraction of sp³-hybridized carbons (Fsp3) is 0. The summed E-state index contributed by atoms with van der Waals surface area (Å²) in [5.74, 6) is 0.0373. The van der Waals surface area contributed by atoms with E-state index in [9.17, 15) is 14.3 Å². The highest BCUT2D eigenvalue weighted by Crippen LogP contribution is 2.24. The molecule has 0 fully saturated rings. The number of halogens is 1. The molecule has 0 unspecified atom stereocenters. The summed E-state index contributed by atoms with van der Waals surface area (Å²) in [6.07, 6.45) is 0. The van der Waals surface area contributed by atoms with Gasteiger partial charge < -0.3 is 9.52 Å². The van der Waals surface area contributed by atoms with Gasteiger partial charge in [0, 0.05) is 11.6 Å². The Morgan fingerprint density at radius 2 is 1.74 bits per heavy atom. The third-order valence-corrected chi connectivity index (χ3v) is 2.84. The molecule has 0 saturated carbocycles. The van der Waals surface area contributed by atoms with E-state index in [4.69, 9.17) is 4.42 Å². The van der Waals surface area contributed by atoms with Crippen LogP contribution in [-0.4, -0.2) is 5.11 Å². The molecule has 3 nitrogen and oxygen atoms in total. The Hall–Kier alpha value is -2.62. The molecule has 3 rings (SSSR count). The lowest BCUT2D eigenvalue weighted by molar-refractivity contribution is 0.475. The van der Waals surface area contributed by atoms with E-state index in [0.717, 1.165) is 6.07 Å². The van der Waals surface area contributed by atoms with Gasteiger partial charge in [-0.2, -0.15) is 0 Å². The van der Waals surface area contributed by atoms with Crippen molar-refractivity contribution in [2.45, 2.75) is 0 Å². The van der Waals surface area contributed by atoms with E-state index < -0.39 is 5.82 Å². The standard InChI is InChI=1S/C15H9FO3/c16-10-3-6-14-12(7-10)13(18)8-15(19-14)9-1-4-11(17)5-2-9/h1-8,17H.